The molecule has 7 nitrogen and oxygen atoms in total. The van der Waals surface area contributed by atoms with Crippen molar-refractivity contribution in [3.63, 3.8) is 0 Å². The molecule has 1 aromatic heterocycles. The summed E-state index contributed by atoms with van der Waals surface area (Å²) in [5.41, 5.74) is 2.01. The second-order valence-corrected chi connectivity index (χ2v) is 6.26. The van der Waals surface area contributed by atoms with Gasteiger partial charge in [0.1, 0.15) is 11.5 Å². The third-order valence-electron chi connectivity index (χ3n) is 3.91. The molecule has 1 atom stereocenters. The van der Waals surface area contributed by atoms with Crippen molar-refractivity contribution in [3.05, 3.63) is 53.1 Å². The maximum Gasteiger partial charge on any atom is 0.266 e. The standard InChI is InChI=1S/C19H18ClN3O4/c1-11-10-15(8-9-16(11)20)26-12(2)19(24)21-18-17(22-27-23-18)13-4-6-14(25-3)7-5-13/h4-10,12H,1-3H3,(H,21,23,24)/t12-/m0/s1. The number of aryl methyl sites for hydroxylation is 1. The summed E-state index contributed by atoms with van der Waals surface area (Å²) >= 11 is 6.00. The lowest BCUT2D eigenvalue weighted by atomic mass is 10.1. The van der Waals surface area contributed by atoms with Gasteiger partial charge in [-0.25, -0.2) is 4.63 Å². The SMILES string of the molecule is COc1ccc(-c2nonc2NC(=O)[C@H](C)Oc2ccc(Cl)c(C)c2)cc1. The van der Waals surface area contributed by atoms with E-state index >= 15 is 0 Å². The summed E-state index contributed by atoms with van der Waals surface area (Å²) in [7, 11) is 1.59. The Morgan fingerprint density at radius 3 is 2.52 bits per heavy atom. The van der Waals surface area contributed by atoms with Crippen molar-refractivity contribution in [2.45, 2.75) is 20.0 Å². The zero-order valence-corrected chi connectivity index (χ0v) is 15.8. The molecule has 0 aliphatic rings. The highest BCUT2D eigenvalue weighted by Gasteiger charge is 2.20. The smallest absolute Gasteiger partial charge is 0.266 e. The van der Waals surface area contributed by atoms with Gasteiger partial charge in [-0.2, -0.15) is 0 Å². The molecule has 1 amide bonds. The number of halogens is 1. The van der Waals surface area contributed by atoms with Gasteiger partial charge in [-0.3, -0.25) is 4.79 Å². The van der Waals surface area contributed by atoms with Gasteiger partial charge in [0.15, 0.2) is 11.8 Å². The minimum absolute atomic E-state index is 0.216. The van der Waals surface area contributed by atoms with Crippen LogP contribution in [0.1, 0.15) is 12.5 Å². The van der Waals surface area contributed by atoms with Crippen LogP contribution in [0.3, 0.4) is 0 Å². The minimum atomic E-state index is -0.758. The number of rotatable bonds is 6. The van der Waals surface area contributed by atoms with Crippen molar-refractivity contribution in [3.8, 4) is 22.8 Å². The van der Waals surface area contributed by atoms with Crippen molar-refractivity contribution >= 4 is 23.3 Å². The lowest BCUT2D eigenvalue weighted by Crippen LogP contribution is -2.30. The van der Waals surface area contributed by atoms with Gasteiger partial charge in [0, 0.05) is 10.6 Å². The van der Waals surface area contributed by atoms with Crippen LogP contribution in [0, 0.1) is 6.92 Å². The lowest BCUT2D eigenvalue weighted by Gasteiger charge is -2.14. The molecular formula is C19H18ClN3O4. The minimum Gasteiger partial charge on any atom is -0.497 e. The maximum atomic E-state index is 12.5. The number of anilines is 1. The van der Waals surface area contributed by atoms with Crippen molar-refractivity contribution < 1.29 is 18.9 Å². The summed E-state index contributed by atoms with van der Waals surface area (Å²) in [5, 5.41) is 10.9. The molecule has 0 saturated carbocycles. The molecule has 140 valence electrons. The summed E-state index contributed by atoms with van der Waals surface area (Å²) in [6.07, 6.45) is -0.758. The van der Waals surface area contributed by atoms with Gasteiger partial charge in [-0.1, -0.05) is 11.6 Å². The molecule has 0 bridgehead atoms. The average Bonchev–Trinajstić information content (AvgIpc) is 3.12. The first-order chi connectivity index (χ1) is 13.0. The molecule has 0 aliphatic carbocycles. The van der Waals surface area contributed by atoms with Crippen molar-refractivity contribution in [1.82, 2.24) is 10.3 Å². The van der Waals surface area contributed by atoms with E-state index in [4.69, 9.17) is 25.7 Å². The van der Waals surface area contributed by atoms with Crippen LogP contribution in [0.2, 0.25) is 5.02 Å². The Kier molecular flexibility index (Phi) is 5.61. The van der Waals surface area contributed by atoms with Gasteiger partial charge in [0.05, 0.1) is 7.11 Å². The second kappa shape index (κ2) is 8.09. The Balaban J connectivity index is 1.70. The fourth-order valence-electron chi connectivity index (χ4n) is 2.38. The molecule has 3 rings (SSSR count). The molecule has 0 unspecified atom stereocenters. The molecule has 0 spiro atoms. The normalized spacial score (nSPS) is 11.7. The number of carbonyl (C=O) groups excluding carboxylic acids is 1. The summed E-state index contributed by atoms with van der Waals surface area (Å²) in [6.45, 7) is 3.50. The van der Waals surface area contributed by atoms with E-state index in [2.05, 4.69) is 15.6 Å². The second-order valence-electron chi connectivity index (χ2n) is 5.85. The van der Waals surface area contributed by atoms with Gasteiger partial charge in [0.25, 0.3) is 5.91 Å². The van der Waals surface area contributed by atoms with Crippen LogP contribution in [0.25, 0.3) is 11.3 Å². The highest BCUT2D eigenvalue weighted by molar-refractivity contribution is 6.31. The Morgan fingerprint density at radius 1 is 1.15 bits per heavy atom. The molecule has 0 saturated heterocycles. The fourth-order valence-corrected chi connectivity index (χ4v) is 2.49. The van der Waals surface area contributed by atoms with E-state index in [1.807, 2.05) is 6.92 Å². The lowest BCUT2D eigenvalue weighted by molar-refractivity contribution is -0.122. The Labute approximate surface area is 161 Å². The number of nitrogens with zero attached hydrogens (tertiary/aromatic N) is 2. The van der Waals surface area contributed by atoms with E-state index in [0.717, 1.165) is 11.1 Å². The number of benzene rings is 2. The highest BCUT2D eigenvalue weighted by atomic mass is 35.5. The average molecular weight is 388 g/mol. The number of nitrogens with one attached hydrogen (secondary N) is 1. The van der Waals surface area contributed by atoms with Crippen LogP contribution in [-0.2, 0) is 4.79 Å². The largest absolute Gasteiger partial charge is 0.497 e. The highest BCUT2D eigenvalue weighted by Crippen LogP contribution is 2.27. The fraction of sp³-hybridized carbons (Fsp3) is 0.211. The maximum absolute atomic E-state index is 12.5. The van der Waals surface area contributed by atoms with E-state index in [1.165, 1.54) is 0 Å². The molecule has 1 N–H and O–H groups in total. The van der Waals surface area contributed by atoms with Gasteiger partial charge in [-0.05, 0) is 72.2 Å². The number of ether oxygens (including phenoxy) is 2. The van der Waals surface area contributed by atoms with Crippen molar-refractivity contribution in [2.75, 3.05) is 12.4 Å². The first-order valence-electron chi connectivity index (χ1n) is 8.18. The summed E-state index contributed by atoms with van der Waals surface area (Å²) in [4.78, 5) is 12.5. The number of amides is 1. The van der Waals surface area contributed by atoms with Crippen LogP contribution in [-0.4, -0.2) is 29.4 Å². The number of carbonyl (C=O) groups is 1. The van der Waals surface area contributed by atoms with Crippen molar-refractivity contribution in [2.24, 2.45) is 0 Å². The topological polar surface area (TPSA) is 86.5 Å². The first kappa shape index (κ1) is 18.7. The molecule has 2 aromatic carbocycles. The number of methoxy groups -OCH3 is 1. The van der Waals surface area contributed by atoms with Gasteiger partial charge < -0.3 is 14.8 Å². The molecule has 8 heteroatoms. The summed E-state index contributed by atoms with van der Waals surface area (Å²) in [5.74, 6) is 1.09. The molecule has 0 fully saturated rings. The van der Waals surface area contributed by atoms with Crippen LogP contribution >= 0.6 is 11.6 Å². The van der Waals surface area contributed by atoms with Crippen LogP contribution in [0.5, 0.6) is 11.5 Å². The zero-order valence-electron chi connectivity index (χ0n) is 15.0. The molecule has 0 aliphatic heterocycles. The van der Waals surface area contributed by atoms with Gasteiger partial charge >= 0.3 is 0 Å². The molecule has 3 aromatic rings. The third kappa shape index (κ3) is 4.38. The quantitative estimate of drug-likeness (QED) is 0.684. The number of aromatic nitrogens is 2. The molecular weight excluding hydrogens is 370 g/mol. The zero-order chi connectivity index (χ0) is 19.4. The predicted molar refractivity (Wildman–Crippen MR) is 101 cm³/mol. The van der Waals surface area contributed by atoms with Crippen LogP contribution < -0.4 is 14.8 Å². The third-order valence-corrected chi connectivity index (χ3v) is 4.33. The predicted octanol–water partition coefficient (Wildman–Crippen LogP) is 4.11. The van der Waals surface area contributed by atoms with E-state index < -0.39 is 6.10 Å². The summed E-state index contributed by atoms with van der Waals surface area (Å²) in [6, 6.07) is 12.4. The van der Waals surface area contributed by atoms with E-state index in [0.29, 0.717) is 22.2 Å². The monoisotopic (exact) mass is 387 g/mol. The van der Waals surface area contributed by atoms with Crippen LogP contribution in [0.4, 0.5) is 5.82 Å². The Bertz CT molecular complexity index is 940. The van der Waals surface area contributed by atoms with E-state index in [-0.39, 0.29) is 11.7 Å². The first-order valence-corrected chi connectivity index (χ1v) is 8.56. The molecule has 1 heterocycles. The Morgan fingerprint density at radius 2 is 1.85 bits per heavy atom. The molecule has 27 heavy (non-hydrogen) atoms. The van der Waals surface area contributed by atoms with Crippen LogP contribution in [0.15, 0.2) is 47.1 Å². The molecule has 0 radical (unpaired) electrons. The number of hydrogen-bond acceptors (Lipinski definition) is 6. The van der Waals surface area contributed by atoms with E-state index in [9.17, 15) is 4.79 Å². The van der Waals surface area contributed by atoms with E-state index in [1.54, 1.807) is 56.5 Å². The Hall–Kier alpha value is -3.06. The number of hydrogen-bond donors (Lipinski definition) is 1. The van der Waals surface area contributed by atoms with Gasteiger partial charge in [-0.15, -0.1) is 0 Å². The summed E-state index contributed by atoms with van der Waals surface area (Å²) < 4.78 is 15.6. The van der Waals surface area contributed by atoms with Gasteiger partial charge in [0.2, 0.25) is 5.82 Å². The van der Waals surface area contributed by atoms with Crippen molar-refractivity contribution in [1.29, 1.82) is 0 Å².